The molecule has 20 heavy (non-hydrogen) atoms. The van der Waals surface area contributed by atoms with Gasteiger partial charge in [-0.3, -0.25) is 0 Å². The zero-order chi connectivity index (χ0) is 14.5. The fourth-order valence-corrected chi connectivity index (χ4v) is 1.86. The highest BCUT2D eigenvalue weighted by atomic mass is 16.4. The minimum atomic E-state index is -0.905. The molecular weight excluding hydrogens is 252 g/mol. The first-order chi connectivity index (χ1) is 9.56. The van der Waals surface area contributed by atoms with Crippen molar-refractivity contribution in [2.75, 3.05) is 5.73 Å². The number of pyridine rings is 1. The van der Waals surface area contributed by atoms with Crippen molar-refractivity contribution in [3.8, 4) is 0 Å². The van der Waals surface area contributed by atoms with Crippen molar-refractivity contribution in [2.24, 2.45) is 0 Å². The number of carboxylic acids is 1. The quantitative estimate of drug-likeness (QED) is 0.836. The van der Waals surface area contributed by atoms with Crippen molar-refractivity contribution in [1.29, 1.82) is 0 Å². The van der Waals surface area contributed by atoms with E-state index in [0.29, 0.717) is 17.8 Å². The van der Waals surface area contributed by atoms with Crippen LogP contribution in [0.15, 0.2) is 48.2 Å². The number of hydrogen-bond acceptors (Lipinski definition) is 3. The summed E-state index contributed by atoms with van der Waals surface area (Å²) in [6, 6.07) is 11.5. The third-order valence-corrected chi connectivity index (χ3v) is 3.02. The second kappa shape index (κ2) is 6.02. The molecule has 0 saturated heterocycles. The molecule has 2 aromatic rings. The first kappa shape index (κ1) is 13.8. The van der Waals surface area contributed by atoms with Gasteiger partial charge in [0.05, 0.1) is 0 Å². The molecule has 0 atom stereocenters. The molecule has 0 aliphatic rings. The Morgan fingerprint density at radius 1 is 1.30 bits per heavy atom. The summed E-state index contributed by atoms with van der Waals surface area (Å²) < 4.78 is 0. The second-order valence-corrected chi connectivity index (χ2v) is 4.60. The number of anilines is 1. The van der Waals surface area contributed by atoms with Gasteiger partial charge in [0.2, 0.25) is 0 Å². The monoisotopic (exact) mass is 268 g/mol. The maximum Gasteiger partial charge on any atom is 0.331 e. The molecule has 0 bridgehead atoms. The van der Waals surface area contributed by atoms with E-state index in [9.17, 15) is 4.79 Å². The molecule has 0 radical (unpaired) electrons. The van der Waals surface area contributed by atoms with Crippen LogP contribution in [0.2, 0.25) is 0 Å². The number of nitrogens with zero attached hydrogens (tertiary/aromatic N) is 1. The highest BCUT2D eigenvalue weighted by Crippen LogP contribution is 2.15. The number of benzene rings is 1. The highest BCUT2D eigenvalue weighted by molar-refractivity contribution is 5.91. The van der Waals surface area contributed by atoms with Crippen LogP contribution in [-0.4, -0.2) is 16.1 Å². The Labute approximate surface area is 117 Å². The normalized spacial score (nSPS) is 11.3. The Hall–Kier alpha value is -2.62. The zero-order valence-electron chi connectivity index (χ0n) is 11.2. The largest absolute Gasteiger partial charge is 0.478 e. The fourth-order valence-electron chi connectivity index (χ4n) is 1.86. The van der Waals surface area contributed by atoms with Crippen LogP contribution in [0.3, 0.4) is 0 Å². The number of nitrogens with two attached hydrogens (primary N) is 1. The number of hydrogen-bond donors (Lipinski definition) is 2. The Morgan fingerprint density at radius 2 is 2.00 bits per heavy atom. The molecule has 0 saturated carbocycles. The Bertz CT molecular complexity index is 646. The number of carbonyl (C=O) groups is 1. The molecule has 0 unspecified atom stereocenters. The van der Waals surface area contributed by atoms with Gasteiger partial charge in [-0.05, 0) is 35.8 Å². The summed E-state index contributed by atoms with van der Waals surface area (Å²) in [4.78, 5) is 14.8. The molecule has 1 heterocycles. The molecule has 102 valence electrons. The summed E-state index contributed by atoms with van der Waals surface area (Å²) in [5.74, 6) is -0.365. The van der Waals surface area contributed by atoms with E-state index in [1.165, 1.54) is 0 Å². The molecule has 0 amide bonds. The molecule has 2 rings (SSSR count). The van der Waals surface area contributed by atoms with E-state index in [0.717, 1.165) is 16.7 Å². The Kier molecular flexibility index (Phi) is 4.15. The number of carboxylic acid groups (broad SMARTS) is 1. The Morgan fingerprint density at radius 3 is 2.60 bits per heavy atom. The third-order valence-electron chi connectivity index (χ3n) is 3.02. The van der Waals surface area contributed by atoms with E-state index in [1.807, 2.05) is 36.4 Å². The lowest BCUT2D eigenvalue weighted by Crippen LogP contribution is -1.98. The van der Waals surface area contributed by atoms with Gasteiger partial charge in [-0.25, -0.2) is 9.78 Å². The van der Waals surface area contributed by atoms with E-state index in [4.69, 9.17) is 10.8 Å². The number of aliphatic carboxylic acids is 1. The molecule has 4 heteroatoms. The summed E-state index contributed by atoms with van der Waals surface area (Å²) in [6.07, 6.45) is 4.02. The van der Waals surface area contributed by atoms with E-state index in [-0.39, 0.29) is 0 Å². The van der Waals surface area contributed by atoms with Crippen molar-refractivity contribution < 1.29 is 9.90 Å². The lowest BCUT2D eigenvalue weighted by Gasteiger charge is -2.05. The van der Waals surface area contributed by atoms with E-state index < -0.39 is 5.97 Å². The van der Waals surface area contributed by atoms with E-state index in [1.54, 1.807) is 19.2 Å². The van der Waals surface area contributed by atoms with Crippen LogP contribution in [0, 0.1) is 0 Å². The van der Waals surface area contributed by atoms with Gasteiger partial charge >= 0.3 is 5.97 Å². The van der Waals surface area contributed by atoms with Crippen LogP contribution in [-0.2, 0) is 11.2 Å². The van der Waals surface area contributed by atoms with Crippen LogP contribution >= 0.6 is 0 Å². The van der Waals surface area contributed by atoms with Crippen LogP contribution in [0.4, 0.5) is 5.82 Å². The maximum absolute atomic E-state index is 10.8. The predicted molar refractivity (Wildman–Crippen MR) is 79.2 cm³/mol. The molecule has 1 aromatic carbocycles. The number of nitrogen functional groups attached to an aromatic ring is 1. The van der Waals surface area contributed by atoms with Gasteiger partial charge < -0.3 is 10.8 Å². The summed E-state index contributed by atoms with van der Waals surface area (Å²) >= 11 is 0. The lowest BCUT2D eigenvalue weighted by molar-refractivity contribution is -0.132. The van der Waals surface area contributed by atoms with Crippen molar-refractivity contribution >= 4 is 17.9 Å². The molecule has 4 nitrogen and oxygen atoms in total. The topological polar surface area (TPSA) is 76.2 Å². The van der Waals surface area contributed by atoms with E-state index in [2.05, 4.69) is 4.98 Å². The molecule has 3 N–H and O–H groups in total. The van der Waals surface area contributed by atoms with E-state index >= 15 is 0 Å². The third kappa shape index (κ3) is 3.45. The summed E-state index contributed by atoms with van der Waals surface area (Å²) in [7, 11) is 0. The van der Waals surface area contributed by atoms with Gasteiger partial charge in [0, 0.05) is 18.2 Å². The molecular formula is C16H16N2O2. The van der Waals surface area contributed by atoms with Gasteiger partial charge in [-0.1, -0.05) is 30.3 Å². The van der Waals surface area contributed by atoms with Crippen molar-refractivity contribution in [1.82, 2.24) is 4.98 Å². The van der Waals surface area contributed by atoms with Gasteiger partial charge in [-0.15, -0.1) is 0 Å². The molecule has 0 aliphatic heterocycles. The Balaban J connectivity index is 2.15. The smallest absolute Gasteiger partial charge is 0.331 e. The standard InChI is InChI=1S/C16H16N2O2/c1-11(16(19)20)9-12-4-6-13(7-5-12)10-14-3-2-8-18-15(14)17/h2-9H,10H2,1H3,(H2,17,18)(H,19,20). The van der Waals surface area contributed by atoms with Crippen LogP contribution in [0.1, 0.15) is 23.6 Å². The predicted octanol–water partition coefficient (Wildman–Crippen LogP) is 2.74. The highest BCUT2D eigenvalue weighted by Gasteiger charge is 2.02. The molecule has 0 spiro atoms. The summed E-state index contributed by atoms with van der Waals surface area (Å²) in [5.41, 5.74) is 9.08. The van der Waals surface area contributed by atoms with Crippen LogP contribution in [0.5, 0.6) is 0 Å². The first-order valence-electron chi connectivity index (χ1n) is 6.26. The SMILES string of the molecule is CC(=Cc1ccc(Cc2cccnc2N)cc1)C(=O)O. The van der Waals surface area contributed by atoms with Crippen molar-refractivity contribution in [2.45, 2.75) is 13.3 Å². The second-order valence-electron chi connectivity index (χ2n) is 4.60. The summed E-state index contributed by atoms with van der Waals surface area (Å²) in [6.45, 7) is 1.58. The minimum Gasteiger partial charge on any atom is -0.478 e. The number of aromatic nitrogens is 1. The molecule has 0 aliphatic carbocycles. The average Bonchev–Trinajstić information content (AvgIpc) is 2.43. The fraction of sp³-hybridized carbons (Fsp3) is 0.125. The maximum atomic E-state index is 10.8. The summed E-state index contributed by atoms with van der Waals surface area (Å²) in [5, 5.41) is 8.83. The van der Waals surface area contributed by atoms with Crippen molar-refractivity contribution in [3.05, 3.63) is 64.9 Å². The first-order valence-corrected chi connectivity index (χ1v) is 6.26. The van der Waals surface area contributed by atoms with Crippen LogP contribution in [0.25, 0.3) is 6.08 Å². The lowest BCUT2D eigenvalue weighted by atomic mass is 10.0. The zero-order valence-corrected chi connectivity index (χ0v) is 11.2. The number of rotatable bonds is 4. The minimum absolute atomic E-state index is 0.314. The van der Waals surface area contributed by atoms with Gasteiger partial charge in [-0.2, -0.15) is 0 Å². The molecule has 0 fully saturated rings. The van der Waals surface area contributed by atoms with Gasteiger partial charge in [0.25, 0.3) is 0 Å². The average molecular weight is 268 g/mol. The van der Waals surface area contributed by atoms with Crippen LogP contribution < -0.4 is 5.73 Å². The van der Waals surface area contributed by atoms with Gasteiger partial charge in [0.15, 0.2) is 0 Å². The van der Waals surface area contributed by atoms with Gasteiger partial charge in [0.1, 0.15) is 5.82 Å². The molecule has 1 aromatic heterocycles. The van der Waals surface area contributed by atoms with Crippen molar-refractivity contribution in [3.63, 3.8) is 0 Å².